The first-order valence-corrected chi connectivity index (χ1v) is 7.85. The van der Waals surface area contributed by atoms with E-state index in [1.54, 1.807) is 25.1 Å². The van der Waals surface area contributed by atoms with Gasteiger partial charge in [0.1, 0.15) is 0 Å². The summed E-state index contributed by atoms with van der Waals surface area (Å²) in [4.78, 5) is 25.5. The molecule has 1 aromatic rings. The summed E-state index contributed by atoms with van der Waals surface area (Å²) in [5, 5.41) is 0.279. The van der Waals surface area contributed by atoms with Crippen molar-refractivity contribution >= 4 is 41.0 Å². The zero-order valence-corrected chi connectivity index (χ0v) is 14.1. The van der Waals surface area contributed by atoms with Crippen molar-refractivity contribution in [3.63, 3.8) is 0 Å². The Hall–Kier alpha value is -1.46. The van der Waals surface area contributed by atoms with Crippen molar-refractivity contribution < 1.29 is 19.1 Å². The quantitative estimate of drug-likeness (QED) is 0.423. The van der Waals surface area contributed by atoms with Gasteiger partial charge in [-0.05, 0) is 31.9 Å². The highest BCUT2D eigenvalue weighted by Gasteiger charge is 2.25. The number of hydrogen-bond acceptors (Lipinski definition) is 4. The molecule has 0 bridgehead atoms. The highest BCUT2D eigenvalue weighted by molar-refractivity contribution is 6.34. The molecule has 0 aliphatic carbocycles. The number of amides is 1. The fourth-order valence-electron chi connectivity index (χ4n) is 1.92. The molecule has 0 aliphatic rings. The number of benzene rings is 1. The van der Waals surface area contributed by atoms with Gasteiger partial charge in [-0.25, -0.2) is 9.59 Å². The number of alkyl halides is 1. The van der Waals surface area contributed by atoms with Gasteiger partial charge in [0.2, 0.25) is 0 Å². The van der Waals surface area contributed by atoms with Crippen molar-refractivity contribution in [2.75, 3.05) is 31.0 Å². The molecule has 0 fully saturated rings. The maximum atomic E-state index is 12.2. The van der Waals surface area contributed by atoms with Gasteiger partial charge < -0.3 is 9.47 Å². The summed E-state index contributed by atoms with van der Waals surface area (Å²) in [6, 6.07) is 4.79. The molecule has 1 amide bonds. The second-order valence-electron chi connectivity index (χ2n) is 4.37. The molecule has 0 heterocycles. The van der Waals surface area contributed by atoms with E-state index in [0.717, 1.165) is 6.42 Å². The van der Waals surface area contributed by atoms with Crippen LogP contribution in [0.1, 0.15) is 30.1 Å². The van der Waals surface area contributed by atoms with E-state index in [1.165, 1.54) is 12.0 Å². The van der Waals surface area contributed by atoms with Crippen LogP contribution in [0.15, 0.2) is 18.2 Å². The van der Waals surface area contributed by atoms with Gasteiger partial charge in [-0.3, -0.25) is 4.90 Å². The Morgan fingerprint density at radius 3 is 2.59 bits per heavy atom. The minimum Gasteiger partial charge on any atom is -0.465 e. The van der Waals surface area contributed by atoms with Crippen LogP contribution in [-0.2, 0) is 9.47 Å². The fourth-order valence-corrected chi connectivity index (χ4v) is 2.39. The van der Waals surface area contributed by atoms with E-state index in [0.29, 0.717) is 24.5 Å². The zero-order chi connectivity index (χ0) is 16.5. The molecule has 122 valence electrons. The Morgan fingerprint density at radius 1 is 1.27 bits per heavy atom. The van der Waals surface area contributed by atoms with Gasteiger partial charge in [-0.2, -0.15) is 0 Å². The predicted molar refractivity (Wildman–Crippen MR) is 87.1 cm³/mol. The highest BCUT2D eigenvalue weighted by Crippen LogP contribution is 2.31. The van der Waals surface area contributed by atoms with Crippen LogP contribution in [0.5, 0.6) is 0 Å². The van der Waals surface area contributed by atoms with Gasteiger partial charge in [-0.1, -0.05) is 17.7 Å². The molecule has 0 aliphatic heterocycles. The number of carbonyl (C=O) groups is 2. The number of carbonyl (C=O) groups excluding carboxylic acids is 2. The summed E-state index contributed by atoms with van der Waals surface area (Å²) in [5.41, 5.74) is 0.512. The van der Waals surface area contributed by atoms with Gasteiger partial charge in [0.25, 0.3) is 0 Å². The van der Waals surface area contributed by atoms with Crippen LogP contribution in [0.4, 0.5) is 10.5 Å². The number of unbranched alkanes of at least 4 members (excludes halogenated alkanes) is 1. The van der Waals surface area contributed by atoms with Crippen molar-refractivity contribution in [1.82, 2.24) is 0 Å². The summed E-state index contributed by atoms with van der Waals surface area (Å²) >= 11 is 11.9. The van der Waals surface area contributed by atoms with Gasteiger partial charge in [0.05, 0.1) is 30.0 Å². The first-order valence-electron chi connectivity index (χ1n) is 6.93. The van der Waals surface area contributed by atoms with Crippen LogP contribution < -0.4 is 4.90 Å². The largest absolute Gasteiger partial charge is 0.465 e. The lowest BCUT2D eigenvalue weighted by molar-refractivity contribution is 0.0601. The number of anilines is 1. The zero-order valence-electron chi connectivity index (χ0n) is 12.6. The summed E-state index contributed by atoms with van der Waals surface area (Å²) < 4.78 is 9.81. The standard InChI is InChI=1S/C15H19Cl2NO4/c1-3-22-15(20)18(10-5-4-9-16)13-11(14(19)21-2)7-6-8-12(13)17/h6-8H,3-5,9-10H2,1-2H3. The normalized spacial score (nSPS) is 10.2. The third kappa shape index (κ3) is 4.78. The van der Waals surface area contributed by atoms with Crippen molar-refractivity contribution in [3.8, 4) is 0 Å². The second kappa shape index (κ2) is 9.54. The molecule has 0 atom stereocenters. The molecule has 0 radical (unpaired) electrons. The van der Waals surface area contributed by atoms with E-state index >= 15 is 0 Å². The third-order valence-electron chi connectivity index (χ3n) is 2.92. The summed E-state index contributed by atoms with van der Waals surface area (Å²) in [5.74, 6) is -0.0765. The number of esters is 1. The Kier molecular flexibility index (Phi) is 8.06. The summed E-state index contributed by atoms with van der Waals surface area (Å²) in [7, 11) is 1.27. The number of methoxy groups -OCH3 is 1. The number of halogens is 2. The second-order valence-corrected chi connectivity index (χ2v) is 5.16. The maximum Gasteiger partial charge on any atom is 0.414 e. The molecule has 5 nitrogen and oxygen atoms in total. The van der Waals surface area contributed by atoms with Crippen LogP contribution in [0.2, 0.25) is 5.02 Å². The first-order chi connectivity index (χ1) is 10.6. The third-order valence-corrected chi connectivity index (χ3v) is 3.49. The lowest BCUT2D eigenvalue weighted by Gasteiger charge is -2.24. The van der Waals surface area contributed by atoms with E-state index in [1.807, 2.05) is 0 Å². The van der Waals surface area contributed by atoms with Crippen molar-refractivity contribution in [2.24, 2.45) is 0 Å². The maximum absolute atomic E-state index is 12.2. The number of hydrogen-bond donors (Lipinski definition) is 0. The lowest BCUT2D eigenvalue weighted by atomic mass is 10.1. The molecule has 0 spiro atoms. The summed E-state index contributed by atoms with van der Waals surface area (Å²) in [6.45, 7) is 2.28. The van der Waals surface area contributed by atoms with Gasteiger partial charge >= 0.3 is 12.1 Å². The fraction of sp³-hybridized carbons (Fsp3) is 0.467. The molecule has 0 saturated heterocycles. The van der Waals surface area contributed by atoms with Crippen molar-refractivity contribution in [1.29, 1.82) is 0 Å². The SMILES string of the molecule is CCOC(=O)N(CCCCCl)c1c(Cl)cccc1C(=O)OC. The predicted octanol–water partition coefficient (Wildman–Crippen LogP) is 4.11. The molecular formula is C15H19Cl2NO4. The average Bonchev–Trinajstić information content (AvgIpc) is 2.51. The first kappa shape index (κ1) is 18.6. The monoisotopic (exact) mass is 347 g/mol. The number of nitrogens with zero attached hydrogens (tertiary/aromatic N) is 1. The van der Waals surface area contributed by atoms with Crippen LogP contribution >= 0.6 is 23.2 Å². The van der Waals surface area contributed by atoms with Crippen LogP contribution in [0.25, 0.3) is 0 Å². The minimum atomic E-state index is -0.566. The molecule has 0 aromatic heterocycles. The number of ether oxygens (including phenoxy) is 2. The molecule has 1 aromatic carbocycles. The van der Waals surface area contributed by atoms with Gasteiger partial charge in [-0.15, -0.1) is 11.6 Å². The van der Waals surface area contributed by atoms with E-state index < -0.39 is 12.1 Å². The topological polar surface area (TPSA) is 55.8 Å². The van der Waals surface area contributed by atoms with Crippen molar-refractivity contribution in [2.45, 2.75) is 19.8 Å². The molecule has 0 unspecified atom stereocenters. The van der Waals surface area contributed by atoms with Crippen LogP contribution in [0.3, 0.4) is 0 Å². The van der Waals surface area contributed by atoms with E-state index in [4.69, 9.17) is 32.7 Å². The Balaban J connectivity index is 3.22. The molecule has 22 heavy (non-hydrogen) atoms. The lowest BCUT2D eigenvalue weighted by Crippen LogP contribution is -2.34. The number of para-hydroxylation sites is 1. The Morgan fingerprint density at radius 2 is 2.00 bits per heavy atom. The Labute approximate surface area is 140 Å². The summed E-state index contributed by atoms with van der Waals surface area (Å²) in [6.07, 6.45) is 0.833. The molecule has 1 rings (SSSR count). The van der Waals surface area contributed by atoms with Gasteiger partial charge in [0, 0.05) is 12.4 Å². The van der Waals surface area contributed by atoms with Crippen LogP contribution in [-0.4, -0.2) is 38.2 Å². The molecule has 0 saturated carbocycles. The average molecular weight is 348 g/mol. The van der Waals surface area contributed by atoms with E-state index in [9.17, 15) is 9.59 Å². The Bertz CT molecular complexity index is 522. The smallest absolute Gasteiger partial charge is 0.414 e. The van der Waals surface area contributed by atoms with Gasteiger partial charge in [0.15, 0.2) is 0 Å². The highest BCUT2D eigenvalue weighted by atomic mass is 35.5. The van der Waals surface area contributed by atoms with E-state index in [2.05, 4.69) is 0 Å². The number of rotatable bonds is 7. The van der Waals surface area contributed by atoms with Crippen molar-refractivity contribution in [3.05, 3.63) is 28.8 Å². The molecule has 7 heteroatoms. The van der Waals surface area contributed by atoms with Crippen LogP contribution in [0, 0.1) is 0 Å². The molecule has 0 N–H and O–H groups in total. The minimum absolute atomic E-state index is 0.217. The molecular weight excluding hydrogens is 329 g/mol. The van der Waals surface area contributed by atoms with E-state index in [-0.39, 0.29) is 17.2 Å².